The van der Waals surface area contributed by atoms with Crippen LogP contribution < -0.4 is 0 Å². The Kier molecular flexibility index (Phi) is 51.0. The minimum Gasteiger partial charge on any atom is -0.462 e. The van der Waals surface area contributed by atoms with Crippen LogP contribution in [0.2, 0.25) is 0 Å². The molecule has 0 fully saturated rings. The van der Waals surface area contributed by atoms with Crippen molar-refractivity contribution in [3.05, 3.63) is 122 Å². The Morgan fingerprint density at radius 3 is 0.910 bits per heavy atom. The van der Waals surface area contributed by atoms with Gasteiger partial charge in [-0.2, -0.15) is 0 Å². The molecule has 0 saturated carbocycles. The first-order valence-electron chi connectivity index (χ1n) is 27.0. The maximum absolute atomic E-state index is 12.8. The molecule has 0 N–H and O–H groups in total. The van der Waals surface area contributed by atoms with Crippen molar-refractivity contribution in [3.63, 3.8) is 0 Å². The summed E-state index contributed by atoms with van der Waals surface area (Å²) in [5.41, 5.74) is 0. The van der Waals surface area contributed by atoms with Gasteiger partial charge in [0, 0.05) is 19.3 Å². The molecule has 0 aromatic heterocycles. The third kappa shape index (κ3) is 52.6. The van der Waals surface area contributed by atoms with E-state index in [-0.39, 0.29) is 31.1 Å². The number of hydrogen-bond donors (Lipinski definition) is 0. The third-order valence-corrected chi connectivity index (χ3v) is 11.0. The zero-order valence-electron chi connectivity index (χ0n) is 43.1. The van der Waals surface area contributed by atoms with E-state index < -0.39 is 6.10 Å². The van der Waals surface area contributed by atoms with Crippen LogP contribution in [-0.2, 0) is 28.6 Å². The number of unbranched alkanes of at least 4 members (excludes halogenated alkanes) is 16. The monoisotopic (exact) mass is 927 g/mol. The number of hydrogen-bond acceptors (Lipinski definition) is 6. The molecule has 0 aliphatic carbocycles. The Balaban J connectivity index is 4.48. The lowest BCUT2D eigenvalue weighted by molar-refractivity contribution is -0.167. The van der Waals surface area contributed by atoms with Gasteiger partial charge in [-0.05, 0) is 109 Å². The minimum atomic E-state index is -0.807. The van der Waals surface area contributed by atoms with Crippen molar-refractivity contribution >= 4 is 17.9 Å². The molecular formula is C61H98O6. The predicted molar refractivity (Wildman–Crippen MR) is 288 cm³/mol. The molecule has 378 valence electrons. The van der Waals surface area contributed by atoms with Crippen molar-refractivity contribution in [2.45, 2.75) is 232 Å². The van der Waals surface area contributed by atoms with Crippen LogP contribution >= 0.6 is 0 Å². The van der Waals surface area contributed by atoms with Crippen LogP contribution in [0.25, 0.3) is 0 Å². The summed E-state index contributed by atoms with van der Waals surface area (Å²) in [5, 5.41) is 0. The van der Waals surface area contributed by atoms with E-state index in [4.69, 9.17) is 14.2 Å². The van der Waals surface area contributed by atoms with E-state index in [1.165, 1.54) is 51.4 Å². The van der Waals surface area contributed by atoms with Gasteiger partial charge >= 0.3 is 17.9 Å². The first-order valence-corrected chi connectivity index (χ1v) is 27.0. The Morgan fingerprint density at radius 2 is 0.582 bits per heavy atom. The van der Waals surface area contributed by atoms with Gasteiger partial charge in [0.2, 0.25) is 0 Å². The molecule has 67 heavy (non-hydrogen) atoms. The molecular weight excluding hydrogens is 829 g/mol. The average molecular weight is 927 g/mol. The maximum atomic E-state index is 12.8. The van der Waals surface area contributed by atoms with Crippen molar-refractivity contribution in [2.75, 3.05) is 13.2 Å². The summed E-state index contributed by atoms with van der Waals surface area (Å²) in [5.74, 6) is -0.974. The molecule has 0 aliphatic heterocycles. The van der Waals surface area contributed by atoms with Gasteiger partial charge in [-0.3, -0.25) is 14.4 Å². The van der Waals surface area contributed by atoms with Gasteiger partial charge in [0.1, 0.15) is 13.2 Å². The van der Waals surface area contributed by atoms with Crippen LogP contribution in [0.15, 0.2) is 122 Å². The number of esters is 3. The fourth-order valence-electron chi connectivity index (χ4n) is 6.96. The second kappa shape index (κ2) is 54.4. The van der Waals surface area contributed by atoms with E-state index in [2.05, 4.69) is 142 Å². The average Bonchev–Trinajstić information content (AvgIpc) is 3.33. The number of rotatable bonds is 47. The van der Waals surface area contributed by atoms with Gasteiger partial charge in [-0.25, -0.2) is 0 Å². The van der Waals surface area contributed by atoms with E-state index in [0.29, 0.717) is 19.3 Å². The third-order valence-electron chi connectivity index (χ3n) is 11.0. The number of allylic oxidation sites excluding steroid dienone is 20. The summed E-state index contributed by atoms with van der Waals surface area (Å²) in [6, 6.07) is 0. The fraction of sp³-hybridized carbons (Fsp3) is 0.623. The highest BCUT2D eigenvalue weighted by Crippen LogP contribution is 2.14. The van der Waals surface area contributed by atoms with Gasteiger partial charge in [0.25, 0.3) is 0 Å². The highest BCUT2D eigenvalue weighted by molar-refractivity contribution is 5.71. The Hall–Kier alpha value is -4.19. The molecule has 0 spiro atoms. The van der Waals surface area contributed by atoms with Crippen LogP contribution in [0.5, 0.6) is 0 Å². The van der Waals surface area contributed by atoms with Crippen molar-refractivity contribution in [1.82, 2.24) is 0 Å². The van der Waals surface area contributed by atoms with Gasteiger partial charge in [-0.15, -0.1) is 0 Å². The Morgan fingerprint density at radius 1 is 0.313 bits per heavy atom. The van der Waals surface area contributed by atoms with Crippen molar-refractivity contribution in [2.24, 2.45) is 0 Å². The van der Waals surface area contributed by atoms with Crippen molar-refractivity contribution in [3.8, 4) is 0 Å². The zero-order chi connectivity index (χ0) is 48.6. The van der Waals surface area contributed by atoms with E-state index in [0.717, 1.165) is 135 Å². The molecule has 0 atom stereocenters. The number of carbonyl (C=O) groups excluding carboxylic acids is 3. The smallest absolute Gasteiger partial charge is 0.306 e. The van der Waals surface area contributed by atoms with Crippen LogP contribution in [0.4, 0.5) is 0 Å². The quantitative estimate of drug-likeness (QED) is 0.0262. The van der Waals surface area contributed by atoms with E-state index in [1.54, 1.807) is 0 Å². The normalized spacial score (nSPS) is 12.7. The Labute approximate surface area is 412 Å². The molecule has 6 heteroatoms. The van der Waals surface area contributed by atoms with Crippen molar-refractivity contribution in [1.29, 1.82) is 0 Å². The SMILES string of the molecule is CC/C=C\C/C=C\C/C=C\C/C=C\C/C=C\CCCCCC(=O)OCC(COC(=O)CCCCC/C=C\C/C=C\C/C=C\C/C=C\C/C=C\CC)OC(=O)CCCCCCCCCCCCC. The topological polar surface area (TPSA) is 78.9 Å². The molecule has 0 aromatic carbocycles. The second-order valence-corrected chi connectivity index (χ2v) is 17.4. The molecule has 0 bridgehead atoms. The van der Waals surface area contributed by atoms with E-state index in [9.17, 15) is 14.4 Å². The Bertz CT molecular complexity index is 1350. The van der Waals surface area contributed by atoms with E-state index >= 15 is 0 Å². The molecule has 0 heterocycles. The lowest BCUT2D eigenvalue weighted by Crippen LogP contribution is -2.30. The summed E-state index contributed by atoms with van der Waals surface area (Å²) in [4.78, 5) is 38.0. The van der Waals surface area contributed by atoms with Gasteiger partial charge < -0.3 is 14.2 Å². The fourth-order valence-corrected chi connectivity index (χ4v) is 6.96. The highest BCUT2D eigenvalue weighted by Gasteiger charge is 2.19. The molecule has 0 rings (SSSR count). The largest absolute Gasteiger partial charge is 0.462 e. The summed E-state index contributed by atoms with van der Waals surface area (Å²) in [7, 11) is 0. The minimum absolute atomic E-state index is 0.108. The summed E-state index contributed by atoms with van der Waals surface area (Å²) in [6.45, 7) is 6.33. The molecule has 6 nitrogen and oxygen atoms in total. The molecule has 0 amide bonds. The summed E-state index contributed by atoms with van der Waals surface area (Å²) in [6.07, 6.45) is 74.7. The summed E-state index contributed by atoms with van der Waals surface area (Å²) < 4.78 is 16.8. The highest BCUT2D eigenvalue weighted by atomic mass is 16.6. The number of ether oxygens (including phenoxy) is 3. The standard InChI is InChI=1S/C61H98O6/c1-4-7-10-13-16-19-22-24-26-28-30-32-34-36-39-41-44-47-50-53-59(62)65-56-58(67-61(64)55-52-49-46-43-38-21-18-15-12-9-6-3)57-66-60(63)54-51-48-45-42-40-37-35-33-31-29-27-25-23-20-17-14-11-8-5-2/h7-8,10-11,16-17,19-20,24-27,30-33,36-37,39-40,58H,4-6,9,12-15,18,21-23,28-29,34-35,38,41-57H2,1-3H3/b10-7-,11-8-,19-16-,20-17-,26-24-,27-25-,32-30-,33-31-,39-36-,40-37-. The first-order chi connectivity index (χ1) is 33.0. The number of carbonyl (C=O) groups is 3. The lowest BCUT2D eigenvalue weighted by Gasteiger charge is -2.18. The predicted octanol–water partition coefficient (Wildman–Crippen LogP) is 18.1. The molecule has 0 aliphatic rings. The van der Waals surface area contributed by atoms with Crippen LogP contribution in [0, 0.1) is 0 Å². The molecule has 0 saturated heterocycles. The molecule has 0 aromatic rings. The first kappa shape index (κ1) is 62.8. The second-order valence-electron chi connectivity index (χ2n) is 17.4. The molecule has 0 radical (unpaired) electrons. The van der Waals surface area contributed by atoms with Crippen LogP contribution in [0.1, 0.15) is 226 Å². The van der Waals surface area contributed by atoms with Crippen LogP contribution in [0.3, 0.4) is 0 Å². The van der Waals surface area contributed by atoms with Gasteiger partial charge in [-0.1, -0.05) is 219 Å². The van der Waals surface area contributed by atoms with E-state index in [1.807, 2.05) is 0 Å². The van der Waals surface area contributed by atoms with Crippen LogP contribution in [-0.4, -0.2) is 37.2 Å². The van der Waals surface area contributed by atoms with Gasteiger partial charge in [0.05, 0.1) is 0 Å². The van der Waals surface area contributed by atoms with Gasteiger partial charge in [0.15, 0.2) is 6.10 Å². The van der Waals surface area contributed by atoms with Crippen molar-refractivity contribution < 1.29 is 28.6 Å². The maximum Gasteiger partial charge on any atom is 0.306 e. The summed E-state index contributed by atoms with van der Waals surface area (Å²) >= 11 is 0. The zero-order valence-corrected chi connectivity index (χ0v) is 43.1. The lowest BCUT2D eigenvalue weighted by atomic mass is 10.1. The molecule has 0 unspecified atom stereocenters.